The molecule has 0 unspecified atom stereocenters. The van der Waals surface area contributed by atoms with Crippen molar-refractivity contribution >= 4 is 0 Å². The van der Waals surface area contributed by atoms with E-state index in [-0.39, 0.29) is 5.41 Å². The standard InChI is InChI=1S/C17H35O/c1-5-7-8-9-10-11-12-13-14-15-17(3,4)16(18)6-2/h18H,5-15H2,1-4H3. The average Bonchev–Trinajstić information content (AvgIpc) is 2.35. The van der Waals surface area contributed by atoms with Crippen LogP contribution in [0.3, 0.4) is 0 Å². The summed E-state index contributed by atoms with van der Waals surface area (Å²) < 4.78 is 0. The Morgan fingerprint density at radius 2 is 1.22 bits per heavy atom. The van der Waals surface area contributed by atoms with Gasteiger partial charge < -0.3 is 5.11 Å². The molecule has 0 atom stereocenters. The molecule has 0 aliphatic heterocycles. The maximum absolute atomic E-state index is 9.83. The van der Waals surface area contributed by atoms with Gasteiger partial charge in [-0.3, -0.25) is 0 Å². The van der Waals surface area contributed by atoms with E-state index in [0.717, 1.165) is 12.8 Å². The van der Waals surface area contributed by atoms with Gasteiger partial charge in [-0.1, -0.05) is 85.5 Å². The topological polar surface area (TPSA) is 20.2 Å². The first-order chi connectivity index (χ1) is 8.54. The molecule has 0 aromatic heterocycles. The minimum Gasteiger partial charge on any atom is -0.386 e. The Kier molecular flexibility index (Phi) is 10.8. The van der Waals surface area contributed by atoms with Gasteiger partial charge in [0.25, 0.3) is 0 Å². The molecule has 0 spiro atoms. The van der Waals surface area contributed by atoms with Crippen LogP contribution < -0.4 is 0 Å². The summed E-state index contributed by atoms with van der Waals surface area (Å²) in [5.74, 6) is 0. The van der Waals surface area contributed by atoms with Crippen molar-refractivity contribution in [3.63, 3.8) is 0 Å². The zero-order valence-corrected chi connectivity index (χ0v) is 13.2. The van der Waals surface area contributed by atoms with Crippen molar-refractivity contribution in [3.05, 3.63) is 6.10 Å². The lowest BCUT2D eigenvalue weighted by atomic mass is 9.80. The second-order valence-corrected chi connectivity index (χ2v) is 6.26. The van der Waals surface area contributed by atoms with E-state index in [1.54, 1.807) is 0 Å². The summed E-state index contributed by atoms with van der Waals surface area (Å²) in [4.78, 5) is 0. The predicted octanol–water partition coefficient (Wildman–Crippen LogP) is 6.25. The van der Waals surface area contributed by atoms with Gasteiger partial charge in [-0.2, -0.15) is 0 Å². The highest BCUT2D eigenvalue weighted by atomic mass is 16.3. The normalized spacial score (nSPS) is 12.3. The predicted molar refractivity (Wildman–Crippen MR) is 81.1 cm³/mol. The SMILES string of the molecule is CCCCCCCCCCCC(C)(C)[C](O)CC. The Hall–Kier alpha value is -0.0400. The number of rotatable bonds is 12. The molecule has 1 nitrogen and oxygen atoms in total. The number of unbranched alkanes of at least 4 members (excludes halogenated alkanes) is 8. The largest absolute Gasteiger partial charge is 0.386 e. The third-order valence-corrected chi connectivity index (χ3v) is 4.02. The highest BCUT2D eigenvalue weighted by molar-refractivity contribution is 4.91. The van der Waals surface area contributed by atoms with Crippen LogP contribution in [0, 0.1) is 11.5 Å². The fraction of sp³-hybridized carbons (Fsp3) is 0.941. The van der Waals surface area contributed by atoms with Crippen LogP contribution in [0.15, 0.2) is 0 Å². The molecule has 0 bridgehead atoms. The summed E-state index contributed by atoms with van der Waals surface area (Å²) in [5, 5.41) is 9.83. The molecule has 0 saturated heterocycles. The molecule has 0 saturated carbocycles. The van der Waals surface area contributed by atoms with Gasteiger partial charge in [-0.15, -0.1) is 0 Å². The average molecular weight is 255 g/mol. The Labute approximate surface area is 115 Å². The Morgan fingerprint density at radius 3 is 1.67 bits per heavy atom. The number of aliphatic hydroxyl groups is 1. The van der Waals surface area contributed by atoms with Gasteiger partial charge in [-0.25, -0.2) is 0 Å². The van der Waals surface area contributed by atoms with Gasteiger partial charge in [0.2, 0.25) is 0 Å². The summed E-state index contributed by atoms with van der Waals surface area (Å²) >= 11 is 0. The molecule has 109 valence electrons. The number of aliphatic hydroxyl groups excluding tert-OH is 1. The first kappa shape index (κ1) is 18.0. The van der Waals surface area contributed by atoms with Crippen LogP contribution in [0.1, 0.15) is 98.3 Å². The van der Waals surface area contributed by atoms with E-state index in [0.29, 0.717) is 6.10 Å². The van der Waals surface area contributed by atoms with Gasteiger partial charge >= 0.3 is 0 Å². The molecular weight excluding hydrogens is 220 g/mol. The molecule has 0 aromatic rings. The third-order valence-electron chi connectivity index (χ3n) is 4.02. The molecule has 1 N–H and O–H groups in total. The molecule has 0 fully saturated rings. The molecule has 0 aliphatic carbocycles. The van der Waals surface area contributed by atoms with E-state index in [2.05, 4.69) is 20.8 Å². The van der Waals surface area contributed by atoms with E-state index in [4.69, 9.17) is 0 Å². The quantitative estimate of drug-likeness (QED) is 0.409. The minimum absolute atomic E-state index is 0.0237. The molecular formula is C17H35O. The van der Waals surface area contributed by atoms with Crippen LogP contribution in [0.25, 0.3) is 0 Å². The highest BCUT2D eigenvalue weighted by Gasteiger charge is 2.26. The summed E-state index contributed by atoms with van der Waals surface area (Å²) in [7, 11) is 0. The van der Waals surface area contributed by atoms with E-state index >= 15 is 0 Å². The first-order valence-corrected chi connectivity index (χ1v) is 8.09. The summed E-state index contributed by atoms with van der Waals surface area (Å²) in [6, 6.07) is 0. The van der Waals surface area contributed by atoms with Crippen molar-refractivity contribution in [2.45, 2.75) is 98.3 Å². The van der Waals surface area contributed by atoms with Crippen LogP contribution in [-0.4, -0.2) is 5.11 Å². The Morgan fingerprint density at radius 1 is 0.778 bits per heavy atom. The molecule has 1 heteroatoms. The van der Waals surface area contributed by atoms with E-state index in [1.807, 2.05) is 6.92 Å². The highest BCUT2D eigenvalue weighted by Crippen LogP contribution is 2.34. The van der Waals surface area contributed by atoms with Crippen molar-refractivity contribution in [2.24, 2.45) is 5.41 Å². The van der Waals surface area contributed by atoms with Crippen LogP contribution >= 0.6 is 0 Å². The van der Waals surface area contributed by atoms with Gasteiger partial charge in [0.05, 0.1) is 6.10 Å². The fourth-order valence-corrected chi connectivity index (χ4v) is 2.50. The second-order valence-electron chi connectivity index (χ2n) is 6.26. The monoisotopic (exact) mass is 255 g/mol. The van der Waals surface area contributed by atoms with Crippen LogP contribution in [0.2, 0.25) is 0 Å². The molecule has 0 amide bonds. The Bertz CT molecular complexity index is 174. The van der Waals surface area contributed by atoms with Crippen molar-refractivity contribution in [1.82, 2.24) is 0 Å². The lowest BCUT2D eigenvalue weighted by Gasteiger charge is -2.28. The minimum atomic E-state index is 0.0237. The van der Waals surface area contributed by atoms with Gasteiger partial charge in [-0.05, 0) is 18.3 Å². The zero-order valence-electron chi connectivity index (χ0n) is 13.2. The van der Waals surface area contributed by atoms with Crippen molar-refractivity contribution in [2.75, 3.05) is 0 Å². The summed E-state index contributed by atoms with van der Waals surface area (Å²) in [6.07, 6.45) is 14.9. The molecule has 0 aromatic carbocycles. The summed E-state index contributed by atoms with van der Waals surface area (Å²) in [6.45, 7) is 8.63. The van der Waals surface area contributed by atoms with E-state index < -0.39 is 0 Å². The number of hydrogen-bond acceptors (Lipinski definition) is 1. The third kappa shape index (κ3) is 8.97. The van der Waals surface area contributed by atoms with Gasteiger partial charge in [0.15, 0.2) is 0 Å². The molecule has 0 aliphatic rings. The first-order valence-electron chi connectivity index (χ1n) is 8.09. The maximum atomic E-state index is 9.83. The van der Waals surface area contributed by atoms with Crippen LogP contribution in [-0.2, 0) is 0 Å². The van der Waals surface area contributed by atoms with Crippen LogP contribution in [0.5, 0.6) is 0 Å². The molecule has 1 radical (unpaired) electrons. The lowest BCUT2D eigenvalue weighted by molar-refractivity contribution is 0.142. The van der Waals surface area contributed by atoms with Crippen molar-refractivity contribution < 1.29 is 5.11 Å². The van der Waals surface area contributed by atoms with E-state index in [1.165, 1.54) is 57.8 Å². The maximum Gasteiger partial charge on any atom is 0.0986 e. The smallest absolute Gasteiger partial charge is 0.0986 e. The molecule has 0 rings (SSSR count). The number of hydrogen-bond donors (Lipinski definition) is 1. The van der Waals surface area contributed by atoms with Crippen molar-refractivity contribution in [3.8, 4) is 0 Å². The lowest BCUT2D eigenvalue weighted by Crippen LogP contribution is -2.21. The zero-order chi connectivity index (χ0) is 13.9. The van der Waals surface area contributed by atoms with Gasteiger partial charge in [0, 0.05) is 0 Å². The van der Waals surface area contributed by atoms with Crippen LogP contribution in [0.4, 0.5) is 0 Å². The molecule has 18 heavy (non-hydrogen) atoms. The van der Waals surface area contributed by atoms with Crippen molar-refractivity contribution in [1.29, 1.82) is 0 Å². The van der Waals surface area contributed by atoms with E-state index in [9.17, 15) is 5.11 Å². The fourth-order valence-electron chi connectivity index (χ4n) is 2.50. The Balaban J connectivity index is 3.34. The van der Waals surface area contributed by atoms with Gasteiger partial charge in [0.1, 0.15) is 0 Å². The summed E-state index contributed by atoms with van der Waals surface area (Å²) in [5.41, 5.74) is 0.0237. The molecule has 0 heterocycles. The second kappa shape index (κ2) is 10.8.